The molecule has 0 aliphatic carbocycles. The minimum absolute atomic E-state index is 0.357. The molecule has 2 nitrogen and oxygen atoms in total. The van der Waals surface area contributed by atoms with Gasteiger partial charge in [-0.3, -0.25) is 0 Å². The molecule has 2 aromatic carbocycles. The van der Waals surface area contributed by atoms with Gasteiger partial charge in [0.2, 0.25) is 0 Å². The van der Waals surface area contributed by atoms with Crippen LogP contribution in [0.1, 0.15) is 11.1 Å². The van der Waals surface area contributed by atoms with E-state index < -0.39 is 0 Å². The molecule has 0 saturated carbocycles. The van der Waals surface area contributed by atoms with E-state index in [0.717, 1.165) is 11.1 Å². The summed E-state index contributed by atoms with van der Waals surface area (Å²) < 4.78 is 13.0. The molecule has 0 fully saturated rings. The van der Waals surface area contributed by atoms with E-state index in [1.54, 1.807) is 18.2 Å². The Morgan fingerprint density at radius 2 is 1.45 bits per heavy atom. The highest BCUT2D eigenvalue weighted by Gasteiger charge is 2.05. The first-order valence-electron chi connectivity index (χ1n) is 6.35. The fraction of sp³-hybridized carbons (Fsp3) is 0.133. The van der Waals surface area contributed by atoms with Gasteiger partial charge in [0.05, 0.1) is 0 Å². The standard InChI is InChI=1S/C15H12Cl3FN2S/c16-11-3-1-9(13(17)5-11)7-20-15(22)21-8-10-2-4-12(19)6-14(10)18/h1-6H,7-8H2,(H2,20,21,22). The molecule has 7 heteroatoms. The van der Waals surface area contributed by atoms with Crippen molar-refractivity contribution in [1.82, 2.24) is 10.6 Å². The molecule has 0 aromatic heterocycles. The van der Waals surface area contributed by atoms with Crippen LogP contribution in [0.2, 0.25) is 15.1 Å². The molecule has 2 aromatic rings. The minimum Gasteiger partial charge on any atom is -0.359 e. The number of rotatable bonds is 4. The number of nitrogens with one attached hydrogen (secondary N) is 2. The van der Waals surface area contributed by atoms with Gasteiger partial charge in [0.25, 0.3) is 0 Å². The first-order valence-corrected chi connectivity index (χ1v) is 7.89. The zero-order valence-corrected chi connectivity index (χ0v) is 14.4. The van der Waals surface area contributed by atoms with Gasteiger partial charge in [-0.25, -0.2) is 4.39 Å². The topological polar surface area (TPSA) is 24.1 Å². The van der Waals surface area contributed by atoms with Crippen LogP contribution < -0.4 is 10.6 Å². The smallest absolute Gasteiger partial charge is 0.166 e. The molecule has 0 radical (unpaired) electrons. The Labute approximate surface area is 148 Å². The lowest BCUT2D eigenvalue weighted by Gasteiger charge is -2.12. The zero-order chi connectivity index (χ0) is 16.1. The average molecular weight is 378 g/mol. The normalized spacial score (nSPS) is 10.4. The van der Waals surface area contributed by atoms with Crippen molar-refractivity contribution < 1.29 is 4.39 Å². The van der Waals surface area contributed by atoms with Crippen molar-refractivity contribution >= 4 is 52.1 Å². The molecule has 0 aliphatic heterocycles. The van der Waals surface area contributed by atoms with E-state index in [1.165, 1.54) is 12.1 Å². The van der Waals surface area contributed by atoms with Crippen molar-refractivity contribution in [2.24, 2.45) is 0 Å². The van der Waals surface area contributed by atoms with E-state index >= 15 is 0 Å². The third-order valence-corrected chi connectivity index (χ3v) is 4.14. The summed E-state index contributed by atoms with van der Waals surface area (Å²) in [5.41, 5.74) is 1.65. The summed E-state index contributed by atoms with van der Waals surface area (Å²) in [5.74, 6) is -0.369. The Morgan fingerprint density at radius 1 is 0.909 bits per heavy atom. The predicted molar refractivity (Wildman–Crippen MR) is 94.1 cm³/mol. The lowest BCUT2D eigenvalue weighted by molar-refractivity contribution is 0.627. The summed E-state index contributed by atoms with van der Waals surface area (Å²) >= 11 is 23.1. The van der Waals surface area contributed by atoms with Gasteiger partial charge in [0, 0.05) is 28.2 Å². The van der Waals surface area contributed by atoms with Crippen LogP contribution in [0.3, 0.4) is 0 Å². The first-order chi connectivity index (χ1) is 10.5. The van der Waals surface area contributed by atoms with Crippen LogP contribution in [0, 0.1) is 5.82 Å². The van der Waals surface area contributed by atoms with Crippen LogP contribution in [0.15, 0.2) is 36.4 Å². The number of hydrogen-bond acceptors (Lipinski definition) is 1. The number of benzene rings is 2. The summed E-state index contributed by atoms with van der Waals surface area (Å²) in [5, 5.41) is 8.01. The summed E-state index contributed by atoms with van der Waals surface area (Å²) in [6.07, 6.45) is 0. The Morgan fingerprint density at radius 3 is 2.00 bits per heavy atom. The van der Waals surface area contributed by atoms with Crippen LogP contribution in [0.5, 0.6) is 0 Å². The van der Waals surface area contributed by atoms with Crippen LogP contribution in [-0.4, -0.2) is 5.11 Å². The van der Waals surface area contributed by atoms with Crippen molar-refractivity contribution in [3.63, 3.8) is 0 Å². The van der Waals surface area contributed by atoms with Crippen molar-refractivity contribution in [1.29, 1.82) is 0 Å². The van der Waals surface area contributed by atoms with E-state index in [-0.39, 0.29) is 5.82 Å². The monoisotopic (exact) mass is 376 g/mol. The van der Waals surface area contributed by atoms with Crippen molar-refractivity contribution in [2.45, 2.75) is 13.1 Å². The molecule has 0 heterocycles. The van der Waals surface area contributed by atoms with Crippen molar-refractivity contribution in [3.8, 4) is 0 Å². The molecule has 2 N–H and O–H groups in total. The van der Waals surface area contributed by atoms with Crippen LogP contribution in [-0.2, 0) is 13.1 Å². The lowest BCUT2D eigenvalue weighted by Crippen LogP contribution is -2.34. The lowest BCUT2D eigenvalue weighted by atomic mass is 10.2. The van der Waals surface area contributed by atoms with Gasteiger partial charge in [-0.2, -0.15) is 0 Å². The van der Waals surface area contributed by atoms with Crippen LogP contribution in [0.25, 0.3) is 0 Å². The summed E-state index contributed by atoms with van der Waals surface area (Å²) in [6, 6.07) is 9.50. The first kappa shape index (κ1) is 17.3. The fourth-order valence-electron chi connectivity index (χ4n) is 1.74. The second kappa shape index (κ2) is 7.97. The summed E-state index contributed by atoms with van der Waals surface area (Å²) in [4.78, 5) is 0. The number of thiocarbonyl (C=S) groups is 1. The van der Waals surface area contributed by atoms with Gasteiger partial charge in [0.1, 0.15) is 5.82 Å². The van der Waals surface area contributed by atoms with Crippen LogP contribution >= 0.6 is 47.0 Å². The zero-order valence-electron chi connectivity index (χ0n) is 11.3. The van der Waals surface area contributed by atoms with Gasteiger partial charge < -0.3 is 10.6 Å². The van der Waals surface area contributed by atoms with Gasteiger partial charge >= 0.3 is 0 Å². The highest BCUT2D eigenvalue weighted by Crippen LogP contribution is 2.20. The SMILES string of the molecule is Fc1ccc(CNC(=S)NCc2ccc(Cl)cc2Cl)c(Cl)c1. The van der Waals surface area contributed by atoms with Crippen molar-refractivity contribution in [2.75, 3.05) is 0 Å². The van der Waals surface area contributed by atoms with Gasteiger partial charge in [0.15, 0.2) is 5.11 Å². The number of hydrogen-bond donors (Lipinski definition) is 2. The second-order valence-corrected chi connectivity index (χ2v) is 6.17. The van der Waals surface area contributed by atoms with Gasteiger partial charge in [-0.05, 0) is 47.6 Å². The molecule has 0 spiro atoms. The molecule has 0 bridgehead atoms. The van der Waals surface area contributed by atoms with Crippen molar-refractivity contribution in [3.05, 3.63) is 68.4 Å². The molecular weight excluding hydrogens is 366 g/mol. The molecule has 116 valence electrons. The molecule has 0 saturated heterocycles. The van der Waals surface area contributed by atoms with Gasteiger partial charge in [-0.1, -0.05) is 46.9 Å². The maximum absolute atomic E-state index is 13.0. The van der Waals surface area contributed by atoms with E-state index in [4.69, 9.17) is 47.0 Å². The largest absolute Gasteiger partial charge is 0.359 e. The maximum atomic E-state index is 13.0. The molecule has 0 amide bonds. The maximum Gasteiger partial charge on any atom is 0.166 e. The molecule has 0 atom stereocenters. The predicted octanol–water partition coefficient (Wildman–Crippen LogP) is 4.95. The van der Waals surface area contributed by atoms with E-state index in [2.05, 4.69) is 10.6 Å². The Kier molecular flexibility index (Phi) is 6.26. The average Bonchev–Trinajstić information content (AvgIpc) is 2.45. The molecule has 0 aliphatic rings. The summed E-state index contributed by atoms with van der Waals surface area (Å²) in [7, 11) is 0. The van der Waals surface area contributed by atoms with Crippen LogP contribution in [0.4, 0.5) is 4.39 Å². The van der Waals surface area contributed by atoms with E-state index in [0.29, 0.717) is 33.3 Å². The second-order valence-electron chi connectivity index (χ2n) is 4.51. The molecule has 2 rings (SSSR count). The Bertz CT molecular complexity index is 637. The molecule has 0 unspecified atom stereocenters. The number of halogens is 4. The quantitative estimate of drug-likeness (QED) is 0.737. The highest BCUT2D eigenvalue weighted by molar-refractivity contribution is 7.80. The van der Waals surface area contributed by atoms with E-state index in [1.807, 2.05) is 6.07 Å². The molecular formula is C15H12Cl3FN2S. The fourth-order valence-corrected chi connectivity index (χ4v) is 2.60. The Hall–Kier alpha value is -1.07. The Balaban J connectivity index is 1.85. The third kappa shape index (κ3) is 4.99. The minimum atomic E-state index is -0.369. The van der Waals surface area contributed by atoms with E-state index in [9.17, 15) is 4.39 Å². The summed E-state index contributed by atoms with van der Waals surface area (Å²) in [6.45, 7) is 0.873. The third-order valence-electron chi connectivity index (χ3n) is 2.91. The highest BCUT2D eigenvalue weighted by atomic mass is 35.5. The molecule has 22 heavy (non-hydrogen) atoms. The van der Waals surface area contributed by atoms with Gasteiger partial charge in [-0.15, -0.1) is 0 Å².